The Labute approximate surface area is 140 Å². The number of hydrogen-bond donors (Lipinski definition) is 0. The fourth-order valence-electron chi connectivity index (χ4n) is 5.17. The molecule has 6 atom stereocenters. The fraction of sp³-hybridized carbons (Fsp3) is 0.474. The van der Waals surface area contributed by atoms with E-state index in [2.05, 4.69) is 12.2 Å². The zero-order chi connectivity index (χ0) is 16.6. The van der Waals surface area contributed by atoms with Gasteiger partial charge in [-0.1, -0.05) is 12.2 Å². The molecule has 1 saturated heterocycles. The molecule has 2 amide bonds. The summed E-state index contributed by atoms with van der Waals surface area (Å²) in [6.45, 7) is 0. The van der Waals surface area contributed by atoms with E-state index in [9.17, 15) is 9.59 Å². The number of anilines is 1. The second kappa shape index (κ2) is 4.62. The van der Waals surface area contributed by atoms with Crippen molar-refractivity contribution in [3.63, 3.8) is 0 Å². The van der Waals surface area contributed by atoms with Crippen molar-refractivity contribution in [1.29, 1.82) is 0 Å². The average Bonchev–Trinajstić information content (AvgIpc) is 3.39. The van der Waals surface area contributed by atoms with Gasteiger partial charge in [0.25, 0.3) is 0 Å². The average molecular weight is 325 g/mol. The Morgan fingerprint density at radius 2 is 1.58 bits per heavy atom. The van der Waals surface area contributed by atoms with Gasteiger partial charge in [0.05, 0.1) is 31.7 Å². The van der Waals surface area contributed by atoms with Crippen molar-refractivity contribution in [2.45, 2.75) is 6.42 Å². The summed E-state index contributed by atoms with van der Waals surface area (Å²) in [4.78, 5) is 27.6. The van der Waals surface area contributed by atoms with Gasteiger partial charge in [0, 0.05) is 6.07 Å². The molecule has 24 heavy (non-hydrogen) atoms. The second-order valence-electron chi connectivity index (χ2n) is 7.20. The highest BCUT2D eigenvalue weighted by Gasteiger charge is 2.67. The maximum Gasteiger partial charge on any atom is 0.238 e. The third-order valence-electron chi connectivity index (χ3n) is 6.29. The van der Waals surface area contributed by atoms with E-state index in [1.807, 2.05) is 0 Å². The topological polar surface area (TPSA) is 55.8 Å². The minimum atomic E-state index is -0.202. The van der Waals surface area contributed by atoms with Gasteiger partial charge in [-0.05, 0) is 42.2 Å². The number of carbonyl (C=O) groups is 2. The molecule has 1 aromatic carbocycles. The number of methoxy groups -OCH3 is 2. The SMILES string of the molecule is COc1ccc(OC)c(N2C(=O)[C@@H]3[C@@H]4C=C[C@@H]([C@H]5C[C@@H]45)[C@@H]3C2=O)c1. The van der Waals surface area contributed by atoms with Crippen LogP contribution in [0, 0.1) is 35.5 Å². The number of nitrogens with zero attached hydrogens (tertiary/aromatic N) is 1. The van der Waals surface area contributed by atoms with E-state index in [4.69, 9.17) is 9.47 Å². The van der Waals surface area contributed by atoms with Crippen molar-refractivity contribution in [2.75, 3.05) is 19.1 Å². The van der Waals surface area contributed by atoms with Gasteiger partial charge in [-0.25, -0.2) is 4.90 Å². The fourth-order valence-corrected chi connectivity index (χ4v) is 5.17. The van der Waals surface area contributed by atoms with Crippen LogP contribution in [-0.2, 0) is 9.59 Å². The minimum Gasteiger partial charge on any atom is -0.497 e. The molecular weight excluding hydrogens is 306 g/mol. The molecule has 5 aliphatic rings. The van der Waals surface area contributed by atoms with Gasteiger partial charge in [-0.15, -0.1) is 0 Å². The van der Waals surface area contributed by atoms with E-state index in [1.165, 1.54) is 11.3 Å². The maximum absolute atomic E-state index is 13.1. The number of hydrogen-bond acceptors (Lipinski definition) is 4. The van der Waals surface area contributed by atoms with Crippen LogP contribution in [0.15, 0.2) is 30.4 Å². The number of carbonyl (C=O) groups excluding carboxylic acids is 2. The highest BCUT2D eigenvalue weighted by Crippen LogP contribution is 2.65. The lowest BCUT2D eigenvalue weighted by Crippen LogP contribution is -2.40. The first-order chi connectivity index (χ1) is 11.7. The summed E-state index contributed by atoms with van der Waals surface area (Å²) in [6.07, 6.45) is 5.52. The monoisotopic (exact) mass is 325 g/mol. The van der Waals surface area contributed by atoms with Crippen LogP contribution in [0.5, 0.6) is 11.5 Å². The third kappa shape index (κ3) is 1.60. The Kier molecular flexibility index (Phi) is 2.71. The van der Waals surface area contributed by atoms with Crippen LogP contribution >= 0.6 is 0 Å². The smallest absolute Gasteiger partial charge is 0.238 e. The molecule has 6 rings (SSSR count). The number of rotatable bonds is 3. The maximum atomic E-state index is 13.1. The molecule has 4 aliphatic carbocycles. The summed E-state index contributed by atoms with van der Waals surface area (Å²) in [5.74, 6) is 2.20. The van der Waals surface area contributed by atoms with Gasteiger partial charge in [0.15, 0.2) is 0 Å². The quantitative estimate of drug-likeness (QED) is 0.632. The molecule has 1 heterocycles. The van der Waals surface area contributed by atoms with Crippen molar-refractivity contribution < 1.29 is 19.1 Å². The van der Waals surface area contributed by atoms with Gasteiger partial charge in [-0.3, -0.25) is 9.59 Å². The normalized spacial score (nSPS) is 38.2. The summed E-state index contributed by atoms with van der Waals surface area (Å²) < 4.78 is 10.7. The zero-order valence-electron chi connectivity index (χ0n) is 13.6. The lowest BCUT2D eigenvalue weighted by atomic mass is 9.63. The number of ether oxygens (including phenoxy) is 2. The van der Waals surface area contributed by atoms with Gasteiger partial charge >= 0.3 is 0 Å². The molecule has 3 fully saturated rings. The molecule has 1 aliphatic heterocycles. The predicted molar refractivity (Wildman–Crippen MR) is 86.7 cm³/mol. The van der Waals surface area contributed by atoms with Crippen molar-refractivity contribution in [1.82, 2.24) is 0 Å². The lowest BCUT2D eigenvalue weighted by molar-refractivity contribution is -0.124. The molecule has 0 unspecified atom stereocenters. The van der Waals surface area contributed by atoms with Gasteiger partial charge in [0.2, 0.25) is 11.8 Å². The van der Waals surface area contributed by atoms with E-state index < -0.39 is 0 Å². The highest BCUT2D eigenvalue weighted by molar-refractivity contribution is 6.23. The van der Waals surface area contributed by atoms with Crippen LogP contribution < -0.4 is 14.4 Å². The molecule has 1 aromatic rings. The number of allylic oxidation sites excluding steroid dienone is 2. The molecule has 0 radical (unpaired) electrons. The second-order valence-corrected chi connectivity index (χ2v) is 7.20. The van der Waals surface area contributed by atoms with E-state index >= 15 is 0 Å². The first-order valence-electron chi connectivity index (χ1n) is 8.44. The third-order valence-corrected chi connectivity index (χ3v) is 6.29. The molecule has 0 aromatic heterocycles. The van der Waals surface area contributed by atoms with Crippen molar-refractivity contribution in [3.05, 3.63) is 30.4 Å². The Morgan fingerprint density at radius 3 is 2.12 bits per heavy atom. The zero-order valence-corrected chi connectivity index (χ0v) is 13.6. The molecule has 124 valence electrons. The highest BCUT2D eigenvalue weighted by atomic mass is 16.5. The lowest BCUT2D eigenvalue weighted by Gasteiger charge is -2.37. The van der Waals surface area contributed by atoms with Crippen molar-refractivity contribution in [2.24, 2.45) is 35.5 Å². The first kappa shape index (κ1) is 14.1. The molecule has 2 saturated carbocycles. The summed E-state index contributed by atoms with van der Waals surface area (Å²) in [5.41, 5.74) is 0.495. The number of imide groups is 1. The van der Waals surface area contributed by atoms with Crippen molar-refractivity contribution in [3.8, 4) is 11.5 Å². The van der Waals surface area contributed by atoms with E-state index in [0.29, 0.717) is 29.0 Å². The van der Waals surface area contributed by atoms with E-state index in [-0.39, 0.29) is 35.5 Å². The summed E-state index contributed by atoms with van der Waals surface area (Å²) in [7, 11) is 3.11. The van der Waals surface area contributed by atoms with Gasteiger partial charge in [-0.2, -0.15) is 0 Å². The van der Waals surface area contributed by atoms with E-state index in [0.717, 1.165) is 0 Å². The van der Waals surface area contributed by atoms with Crippen LogP contribution in [-0.4, -0.2) is 26.0 Å². The molecule has 0 spiro atoms. The van der Waals surface area contributed by atoms with E-state index in [1.54, 1.807) is 32.4 Å². The number of benzene rings is 1. The Bertz CT molecular complexity index is 750. The largest absolute Gasteiger partial charge is 0.497 e. The molecular formula is C19H19NO4. The molecule has 5 nitrogen and oxygen atoms in total. The van der Waals surface area contributed by atoms with Crippen LogP contribution in [0.3, 0.4) is 0 Å². The van der Waals surface area contributed by atoms with Crippen LogP contribution in [0.2, 0.25) is 0 Å². The first-order valence-corrected chi connectivity index (χ1v) is 8.44. The summed E-state index contributed by atoms with van der Waals surface area (Å²) >= 11 is 0. The summed E-state index contributed by atoms with van der Waals surface area (Å²) in [6, 6.07) is 5.21. The van der Waals surface area contributed by atoms with Gasteiger partial charge < -0.3 is 9.47 Å². The minimum absolute atomic E-state index is 0.0822. The standard InChI is InChI=1S/C19H19NO4/c1-23-9-3-6-15(24-2)14(7-9)20-18(21)16-10-4-5-11(13-8-12(10)13)17(16)19(20)22/h3-7,10-13,16-17H,8H2,1-2H3/t10-,11+,12+,13-,16-,17+. The predicted octanol–water partition coefficient (Wildman–Crippen LogP) is 2.26. The Morgan fingerprint density at radius 1 is 0.958 bits per heavy atom. The molecule has 5 heteroatoms. The molecule has 0 N–H and O–H groups in total. The van der Waals surface area contributed by atoms with Crippen LogP contribution in [0.4, 0.5) is 5.69 Å². The van der Waals surface area contributed by atoms with Crippen molar-refractivity contribution >= 4 is 17.5 Å². The van der Waals surface area contributed by atoms with Crippen LogP contribution in [0.25, 0.3) is 0 Å². The Hall–Kier alpha value is -2.30. The number of amides is 2. The molecule has 2 bridgehead atoms. The summed E-state index contributed by atoms with van der Waals surface area (Å²) in [5, 5.41) is 0. The Balaban J connectivity index is 1.60. The van der Waals surface area contributed by atoms with Gasteiger partial charge in [0.1, 0.15) is 11.5 Å². The van der Waals surface area contributed by atoms with Crippen LogP contribution in [0.1, 0.15) is 6.42 Å².